The summed E-state index contributed by atoms with van der Waals surface area (Å²) in [6.45, 7) is 3.89. The first-order valence-electron chi connectivity index (χ1n) is 4.32. The van der Waals surface area contributed by atoms with Crippen molar-refractivity contribution in [2.45, 2.75) is 13.8 Å². The van der Waals surface area contributed by atoms with Gasteiger partial charge in [0.25, 0.3) is 0 Å². The van der Waals surface area contributed by atoms with Crippen molar-refractivity contribution >= 4 is 17.2 Å². The molecule has 0 unspecified atom stereocenters. The molecule has 3 nitrogen and oxygen atoms in total. The molecule has 0 fully saturated rings. The minimum absolute atomic E-state index is 0.570. The molecule has 14 heavy (non-hydrogen) atoms. The van der Waals surface area contributed by atoms with E-state index in [2.05, 4.69) is 4.98 Å². The number of ether oxygens (including phenoxy) is 1. The number of aromatic nitrogens is 2. The molecule has 74 valence electrons. The van der Waals surface area contributed by atoms with Gasteiger partial charge in [0.1, 0.15) is 10.8 Å². The predicted octanol–water partition coefficient (Wildman–Crippen LogP) is 2.61. The zero-order valence-corrected chi connectivity index (χ0v) is 9.09. The van der Waals surface area contributed by atoms with E-state index < -0.39 is 0 Å². The summed E-state index contributed by atoms with van der Waals surface area (Å²) in [5.74, 6) is 0.699. The second-order valence-corrected chi connectivity index (χ2v) is 3.65. The van der Waals surface area contributed by atoms with Crippen molar-refractivity contribution in [3.8, 4) is 5.75 Å². The third-order valence-electron chi connectivity index (χ3n) is 2.14. The molecule has 2 aromatic rings. The summed E-state index contributed by atoms with van der Waals surface area (Å²) in [4.78, 5) is 4.31. The zero-order chi connectivity index (χ0) is 10.3. The predicted molar refractivity (Wildman–Crippen MR) is 56.2 cm³/mol. The highest BCUT2D eigenvalue weighted by molar-refractivity contribution is 6.35. The number of pyridine rings is 1. The molecule has 0 bridgehead atoms. The maximum absolute atomic E-state index is 6.15. The lowest BCUT2D eigenvalue weighted by molar-refractivity contribution is 0.411. The van der Waals surface area contributed by atoms with Crippen molar-refractivity contribution < 1.29 is 4.74 Å². The van der Waals surface area contributed by atoms with E-state index >= 15 is 0 Å². The van der Waals surface area contributed by atoms with Crippen molar-refractivity contribution in [2.24, 2.45) is 0 Å². The van der Waals surface area contributed by atoms with Crippen LogP contribution in [0.25, 0.3) is 5.65 Å². The molecule has 2 aromatic heterocycles. The molecule has 0 saturated heterocycles. The summed E-state index contributed by atoms with van der Waals surface area (Å²) in [6, 6.07) is 0. The molecule has 0 aliphatic carbocycles. The van der Waals surface area contributed by atoms with E-state index in [4.69, 9.17) is 16.3 Å². The standard InChI is InChI=1S/C10H11ClN2O/c1-6-4-13-5-7(2)12-10(13)8(11)9(6)14-3/h4-5H,1-3H3. The average molecular weight is 211 g/mol. The van der Waals surface area contributed by atoms with Crippen LogP contribution in [0.3, 0.4) is 0 Å². The lowest BCUT2D eigenvalue weighted by Gasteiger charge is -2.07. The number of halogens is 1. The molecular weight excluding hydrogens is 200 g/mol. The molecule has 0 aliphatic heterocycles. The van der Waals surface area contributed by atoms with Crippen LogP contribution in [0.1, 0.15) is 11.3 Å². The van der Waals surface area contributed by atoms with Crippen LogP contribution in [-0.4, -0.2) is 16.5 Å². The third-order valence-corrected chi connectivity index (χ3v) is 2.48. The van der Waals surface area contributed by atoms with Gasteiger partial charge in [-0.15, -0.1) is 0 Å². The lowest BCUT2D eigenvalue weighted by Crippen LogP contribution is -1.93. The van der Waals surface area contributed by atoms with Gasteiger partial charge in [0.15, 0.2) is 5.65 Å². The summed E-state index contributed by atoms with van der Waals surface area (Å²) in [7, 11) is 1.61. The SMILES string of the molecule is COc1c(C)cn2cc(C)nc2c1Cl. The van der Waals surface area contributed by atoms with Crippen LogP contribution in [-0.2, 0) is 0 Å². The van der Waals surface area contributed by atoms with Crippen molar-refractivity contribution in [3.63, 3.8) is 0 Å². The van der Waals surface area contributed by atoms with Crippen LogP contribution in [0.15, 0.2) is 12.4 Å². The maximum atomic E-state index is 6.15. The summed E-state index contributed by atoms with van der Waals surface area (Å²) in [6.07, 6.45) is 3.90. The Morgan fingerprint density at radius 3 is 2.71 bits per heavy atom. The highest BCUT2D eigenvalue weighted by atomic mass is 35.5. The largest absolute Gasteiger partial charge is 0.495 e. The first-order valence-corrected chi connectivity index (χ1v) is 4.69. The zero-order valence-electron chi connectivity index (χ0n) is 8.34. The van der Waals surface area contributed by atoms with Crippen molar-refractivity contribution in [2.75, 3.05) is 7.11 Å². The Bertz CT molecular complexity index is 490. The summed E-state index contributed by atoms with van der Waals surface area (Å²) >= 11 is 6.15. The number of methoxy groups -OCH3 is 1. The van der Waals surface area contributed by atoms with E-state index in [1.54, 1.807) is 7.11 Å². The van der Waals surface area contributed by atoms with Gasteiger partial charge in [-0.05, 0) is 13.8 Å². The second kappa shape index (κ2) is 3.17. The molecule has 0 aromatic carbocycles. The Morgan fingerprint density at radius 1 is 1.36 bits per heavy atom. The average Bonchev–Trinajstić information content (AvgIpc) is 2.47. The van der Waals surface area contributed by atoms with E-state index in [0.29, 0.717) is 10.8 Å². The van der Waals surface area contributed by atoms with Crippen LogP contribution in [0, 0.1) is 13.8 Å². The minimum Gasteiger partial charge on any atom is -0.495 e. The highest BCUT2D eigenvalue weighted by Crippen LogP contribution is 2.31. The number of imidazole rings is 1. The Kier molecular flexibility index (Phi) is 2.11. The Hall–Kier alpha value is -1.22. The van der Waals surface area contributed by atoms with Gasteiger partial charge < -0.3 is 9.14 Å². The number of hydrogen-bond acceptors (Lipinski definition) is 2. The highest BCUT2D eigenvalue weighted by Gasteiger charge is 2.11. The molecule has 0 radical (unpaired) electrons. The quantitative estimate of drug-likeness (QED) is 0.724. The van der Waals surface area contributed by atoms with Gasteiger partial charge in [0.2, 0.25) is 0 Å². The maximum Gasteiger partial charge on any atom is 0.159 e. The molecule has 0 saturated carbocycles. The first kappa shape index (κ1) is 9.34. The molecule has 0 atom stereocenters. The summed E-state index contributed by atoms with van der Waals surface area (Å²) in [5, 5.41) is 0.570. The number of fused-ring (bicyclic) bond motifs is 1. The fraction of sp³-hybridized carbons (Fsp3) is 0.300. The topological polar surface area (TPSA) is 26.5 Å². The second-order valence-electron chi connectivity index (χ2n) is 3.27. The van der Waals surface area contributed by atoms with Gasteiger partial charge in [0.05, 0.1) is 12.8 Å². The molecule has 0 aliphatic rings. The van der Waals surface area contributed by atoms with Crippen molar-refractivity contribution in [3.05, 3.63) is 28.7 Å². The van der Waals surface area contributed by atoms with Crippen molar-refractivity contribution in [1.82, 2.24) is 9.38 Å². The van der Waals surface area contributed by atoms with E-state index in [1.807, 2.05) is 30.6 Å². The van der Waals surface area contributed by atoms with Gasteiger partial charge in [-0.1, -0.05) is 11.6 Å². The summed E-state index contributed by atoms with van der Waals surface area (Å²) < 4.78 is 7.12. The Balaban J connectivity index is 2.84. The van der Waals surface area contributed by atoms with Gasteiger partial charge in [-0.25, -0.2) is 4.98 Å². The number of aryl methyl sites for hydroxylation is 2. The van der Waals surface area contributed by atoms with Crippen LogP contribution in [0.2, 0.25) is 5.02 Å². The monoisotopic (exact) mass is 210 g/mol. The van der Waals surface area contributed by atoms with E-state index in [9.17, 15) is 0 Å². The molecule has 0 amide bonds. The van der Waals surface area contributed by atoms with E-state index in [0.717, 1.165) is 16.9 Å². The number of hydrogen-bond donors (Lipinski definition) is 0. The molecule has 4 heteroatoms. The fourth-order valence-electron chi connectivity index (χ4n) is 1.57. The summed E-state index contributed by atoms with van der Waals surface area (Å²) in [5.41, 5.74) is 2.69. The van der Waals surface area contributed by atoms with E-state index in [1.165, 1.54) is 0 Å². The molecule has 0 spiro atoms. The molecule has 0 N–H and O–H groups in total. The van der Waals surface area contributed by atoms with Crippen LogP contribution < -0.4 is 4.74 Å². The first-order chi connectivity index (χ1) is 6.63. The number of nitrogens with zero attached hydrogens (tertiary/aromatic N) is 2. The smallest absolute Gasteiger partial charge is 0.159 e. The Labute approximate surface area is 87.3 Å². The fourth-order valence-corrected chi connectivity index (χ4v) is 1.94. The van der Waals surface area contributed by atoms with Gasteiger partial charge in [-0.2, -0.15) is 0 Å². The van der Waals surface area contributed by atoms with Crippen LogP contribution in [0.5, 0.6) is 5.75 Å². The van der Waals surface area contributed by atoms with Gasteiger partial charge >= 0.3 is 0 Å². The number of rotatable bonds is 1. The molecular formula is C10H11ClN2O. The van der Waals surface area contributed by atoms with Crippen LogP contribution in [0.4, 0.5) is 0 Å². The molecule has 2 heterocycles. The van der Waals surface area contributed by atoms with Crippen LogP contribution >= 0.6 is 11.6 Å². The van der Waals surface area contributed by atoms with Gasteiger partial charge in [0, 0.05) is 18.0 Å². The molecule has 2 rings (SSSR count). The van der Waals surface area contributed by atoms with Gasteiger partial charge in [-0.3, -0.25) is 0 Å². The van der Waals surface area contributed by atoms with E-state index in [-0.39, 0.29) is 0 Å². The van der Waals surface area contributed by atoms with Crippen molar-refractivity contribution in [1.29, 1.82) is 0 Å². The normalized spacial score (nSPS) is 10.9. The third kappa shape index (κ3) is 1.24. The Morgan fingerprint density at radius 2 is 2.07 bits per heavy atom. The minimum atomic E-state index is 0.570. The lowest BCUT2D eigenvalue weighted by atomic mass is 10.3.